The van der Waals surface area contributed by atoms with Crippen molar-refractivity contribution in [1.82, 2.24) is 0 Å². The highest BCUT2D eigenvalue weighted by molar-refractivity contribution is 7.58. The molecule has 0 atom stereocenters. The van der Waals surface area contributed by atoms with Gasteiger partial charge >= 0.3 is 0 Å². The van der Waals surface area contributed by atoms with Crippen LogP contribution in [-0.4, -0.2) is 5.75 Å². The molecule has 112 valence electrons. The Kier molecular flexibility index (Phi) is 5.87. The molecule has 0 N–H and O–H groups in total. The third-order valence-electron chi connectivity index (χ3n) is 4.06. The van der Waals surface area contributed by atoms with Gasteiger partial charge in [0.15, 0.2) is 0 Å². The molecule has 0 aliphatic carbocycles. The molecule has 0 radical (unpaired) electrons. The van der Waals surface area contributed by atoms with E-state index in [1.807, 2.05) is 0 Å². The second-order valence-electron chi connectivity index (χ2n) is 5.18. The van der Waals surface area contributed by atoms with E-state index in [0.717, 1.165) is 5.75 Å². The average Bonchev–Trinajstić information content (AvgIpc) is 2.59. The second-order valence-corrected chi connectivity index (χ2v) is 5.53. The lowest BCUT2D eigenvalue weighted by Crippen LogP contribution is -3.00. The summed E-state index contributed by atoms with van der Waals surface area (Å²) in [7, 11) is 0. The lowest BCUT2D eigenvalue weighted by molar-refractivity contribution is -0.00000401. The smallest absolute Gasteiger partial charge is 0.121 e. The summed E-state index contributed by atoms with van der Waals surface area (Å²) in [6, 6.07) is 32.1. The predicted molar refractivity (Wildman–Crippen MR) is 94.2 cm³/mol. The molecule has 3 rings (SSSR count). The Labute approximate surface area is 148 Å². The summed E-state index contributed by atoms with van der Waals surface area (Å²) in [5.74, 6) is 0.838. The van der Waals surface area contributed by atoms with E-state index in [1.165, 1.54) is 16.7 Å². The summed E-state index contributed by atoms with van der Waals surface area (Å²) in [6.07, 6.45) is 0. The maximum absolute atomic E-state index is 3.84. The van der Waals surface area contributed by atoms with Crippen molar-refractivity contribution in [2.24, 2.45) is 0 Å². The van der Waals surface area contributed by atoms with Gasteiger partial charge in [0.05, 0.1) is 5.41 Å². The summed E-state index contributed by atoms with van der Waals surface area (Å²) in [5, 5.41) is 0. The fraction of sp³-hybridized carbons (Fsp3) is 0.100. The SMILES string of the molecule is [Br-].[SH2+]CC(c1ccccc1)(c1ccccc1)c1ccccc1. The van der Waals surface area contributed by atoms with Gasteiger partial charge in [-0.2, -0.15) is 0 Å². The first kappa shape index (κ1) is 16.9. The minimum absolute atomic E-state index is 0. The van der Waals surface area contributed by atoms with E-state index in [1.54, 1.807) is 0 Å². The summed E-state index contributed by atoms with van der Waals surface area (Å²) >= 11 is 3.84. The van der Waals surface area contributed by atoms with E-state index in [2.05, 4.69) is 104 Å². The zero-order chi connectivity index (χ0) is 14.5. The van der Waals surface area contributed by atoms with Crippen LogP contribution in [0.15, 0.2) is 91.0 Å². The number of hydrogen-bond acceptors (Lipinski definition) is 0. The summed E-state index contributed by atoms with van der Waals surface area (Å²) < 4.78 is 0. The highest BCUT2D eigenvalue weighted by atomic mass is 79.9. The summed E-state index contributed by atoms with van der Waals surface area (Å²) in [4.78, 5) is 0. The highest BCUT2D eigenvalue weighted by Gasteiger charge is 2.37. The fourth-order valence-corrected chi connectivity index (χ4v) is 3.59. The molecule has 0 saturated heterocycles. The van der Waals surface area contributed by atoms with Crippen molar-refractivity contribution in [2.75, 3.05) is 5.75 Å². The molecule has 3 aromatic rings. The quantitative estimate of drug-likeness (QED) is 0.475. The van der Waals surface area contributed by atoms with Gasteiger partial charge in [-0.15, -0.1) is 0 Å². The van der Waals surface area contributed by atoms with Crippen molar-refractivity contribution in [2.45, 2.75) is 5.41 Å². The monoisotopic (exact) mass is 370 g/mol. The Morgan fingerprint density at radius 1 is 0.545 bits per heavy atom. The van der Waals surface area contributed by atoms with E-state index in [0.29, 0.717) is 0 Å². The Morgan fingerprint density at radius 3 is 1.05 bits per heavy atom. The topological polar surface area (TPSA) is 0 Å². The molecule has 0 saturated carbocycles. The van der Waals surface area contributed by atoms with Gasteiger partial charge in [0, 0.05) is 0 Å². The first-order valence-electron chi connectivity index (χ1n) is 7.19. The number of halogens is 1. The van der Waals surface area contributed by atoms with Gasteiger partial charge in [-0.3, -0.25) is 0 Å². The van der Waals surface area contributed by atoms with Crippen molar-refractivity contribution in [3.8, 4) is 0 Å². The van der Waals surface area contributed by atoms with Crippen LogP contribution in [0.2, 0.25) is 0 Å². The lowest BCUT2D eigenvalue weighted by Gasteiger charge is -2.32. The minimum Gasteiger partial charge on any atom is -1.00 e. The zero-order valence-corrected chi connectivity index (χ0v) is 14.8. The average molecular weight is 371 g/mol. The van der Waals surface area contributed by atoms with Crippen molar-refractivity contribution < 1.29 is 17.0 Å². The van der Waals surface area contributed by atoms with Gasteiger partial charge in [0.2, 0.25) is 0 Å². The van der Waals surface area contributed by atoms with Crippen molar-refractivity contribution >= 4 is 12.6 Å². The Hall–Kier alpha value is -1.51. The molecule has 0 aromatic heterocycles. The molecule has 0 spiro atoms. The molecule has 3 aromatic carbocycles. The van der Waals surface area contributed by atoms with E-state index >= 15 is 0 Å². The normalized spacial score (nSPS) is 10.8. The van der Waals surface area contributed by atoms with Gasteiger partial charge in [0.25, 0.3) is 0 Å². The molecular weight excluding hydrogens is 352 g/mol. The summed E-state index contributed by atoms with van der Waals surface area (Å²) in [6.45, 7) is 0. The van der Waals surface area contributed by atoms with Crippen LogP contribution in [0, 0.1) is 0 Å². The van der Waals surface area contributed by atoms with Crippen molar-refractivity contribution in [1.29, 1.82) is 0 Å². The van der Waals surface area contributed by atoms with Gasteiger partial charge in [0.1, 0.15) is 5.75 Å². The van der Waals surface area contributed by atoms with Crippen LogP contribution >= 0.6 is 0 Å². The molecule has 2 heteroatoms. The predicted octanol–water partition coefficient (Wildman–Crippen LogP) is 1.04. The van der Waals surface area contributed by atoms with Crippen LogP contribution in [-0.2, 0) is 18.0 Å². The maximum Gasteiger partial charge on any atom is 0.121 e. The van der Waals surface area contributed by atoms with Crippen LogP contribution in [0.3, 0.4) is 0 Å². The zero-order valence-electron chi connectivity index (χ0n) is 12.2. The number of benzene rings is 3. The lowest BCUT2D eigenvalue weighted by atomic mass is 9.71. The molecular formula is C20H19BrS. The van der Waals surface area contributed by atoms with Crippen LogP contribution in [0.25, 0.3) is 0 Å². The molecule has 0 unspecified atom stereocenters. The highest BCUT2D eigenvalue weighted by Crippen LogP contribution is 2.38. The fourth-order valence-electron chi connectivity index (χ4n) is 2.97. The van der Waals surface area contributed by atoms with Gasteiger partial charge < -0.3 is 17.0 Å². The van der Waals surface area contributed by atoms with Gasteiger partial charge in [-0.1, -0.05) is 91.0 Å². The standard InChI is InChI=1S/C20H18S.BrH/c21-16-20(17-10-4-1-5-11-17,18-12-6-2-7-13-18)19-14-8-3-9-15-19;/h1-15,21H,16H2;1H. The Morgan fingerprint density at radius 2 is 0.818 bits per heavy atom. The Bertz CT molecular complexity index is 584. The van der Waals surface area contributed by atoms with Crippen LogP contribution < -0.4 is 17.0 Å². The van der Waals surface area contributed by atoms with Gasteiger partial charge in [-0.05, 0) is 29.3 Å². The van der Waals surface area contributed by atoms with Crippen LogP contribution in [0.1, 0.15) is 16.7 Å². The molecule has 0 amide bonds. The first-order valence-corrected chi connectivity index (χ1v) is 7.90. The number of rotatable bonds is 4. The van der Waals surface area contributed by atoms with E-state index in [-0.39, 0.29) is 22.4 Å². The van der Waals surface area contributed by atoms with E-state index in [4.69, 9.17) is 0 Å². The molecule has 0 heterocycles. The molecule has 0 nitrogen and oxygen atoms in total. The first-order chi connectivity index (χ1) is 10.4. The molecule has 0 bridgehead atoms. The third-order valence-corrected chi connectivity index (χ3v) is 4.60. The molecule has 0 aliphatic heterocycles. The summed E-state index contributed by atoms with van der Waals surface area (Å²) in [5.41, 5.74) is 3.74. The van der Waals surface area contributed by atoms with E-state index < -0.39 is 0 Å². The Balaban J connectivity index is 0.00000176. The van der Waals surface area contributed by atoms with E-state index in [9.17, 15) is 0 Å². The van der Waals surface area contributed by atoms with Crippen LogP contribution in [0.5, 0.6) is 0 Å². The second kappa shape index (κ2) is 7.66. The van der Waals surface area contributed by atoms with Crippen molar-refractivity contribution in [3.63, 3.8) is 0 Å². The van der Waals surface area contributed by atoms with Gasteiger partial charge in [-0.25, -0.2) is 0 Å². The van der Waals surface area contributed by atoms with Crippen molar-refractivity contribution in [3.05, 3.63) is 108 Å². The molecule has 22 heavy (non-hydrogen) atoms. The number of hydrogen-bond donors (Lipinski definition) is 0. The maximum atomic E-state index is 3.84. The van der Waals surface area contributed by atoms with Crippen LogP contribution in [0.4, 0.5) is 0 Å². The largest absolute Gasteiger partial charge is 1.00 e. The minimum atomic E-state index is -0.166. The molecule has 0 fully saturated rings. The third kappa shape index (κ3) is 2.99. The molecule has 0 aliphatic rings.